The Balaban J connectivity index is 1.59. The molecule has 142 valence electrons. The molecule has 0 spiro atoms. The number of carbonyl (C=O) groups is 1. The molecule has 3 heterocycles. The Morgan fingerprint density at radius 3 is 2.81 bits per heavy atom. The highest BCUT2D eigenvalue weighted by Gasteiger charge is 2.54. The highest BCUT2D eigenvalue weighted by molar-refractivity contribution is 5.84. The van der Waals surface area contributed by atoms with Crippen molar-refractivity contribution in [1.29, 1.82) is 0 Å². The molecule has 0 unspecified atom stereocenters. The lowest BCUT2D eigenvalue weighted by Gasteiger charge is -2.34. The SMILES string of the molecule is CC(C)=CC[C@@]1(C(=O)NCCCn2c(C)cccc2=O)C[C@@H]2CC[C@H]1N2. The molecule has 5 heteroatoms. The monoisotopic (exact) mass is 357 g/mol. The van der Waals surface area contributed by atoms with Crippen LogP contribution in [-0.2, 0) is 11.3 Å². The third-order valence-electron chi connectivity index (χ3n) is 5.96. The molecule has 2 bridgehead atoms. The Bertz CT molecular complexity index is 748. The van der Waals surface area contributed by atoms with Crippen LogP contribution in [-0.4, -0.2) is 29.1 Å². The van der Waals surface area contributed by atoms with Gasteiger partial charge in [-0.1, -0.05) is 17.7 Å². The van der Waals surface area contributed by atoms with E-state index in [1.807, 2.05) is 13.0 Å². The molecule has 0 radical (unpaired) electrons. The number of hydrogen-bond acceptors (Lipinski definition) is 3. The van der Waals surface area contributed by atoms with Crippen molar-refractivity contribution in [3.8, 4) is 0 Å². The zero-order chi connectivity index (χ0) is 18.7. The number of nitrogens with zero attached hydrogens (tertiary/aromatic N) is 1. The third-order valence-corrected chi connectivity index (χ3v) is 5.96. The van der Waals surface area contributed by atoms with Crippen LogP contribution in [0.3, 0.4) is 0 Å². The number of amides is 1. The molecular weight excluding hydrogens is 326 g/mol. The first-order valence-electron chi connectivity index (χ1n) is 9.76. The summed E-state index contributed by atoms with van der Waals surface area (Å²) >= 11 is 0. The molecule has 2 N–H and O–H groups in total. The number of rotatable bonds is 7. The van der Waals surface area contributed by atoms with Crippen molar-refractivity contribution in [2.24, 2.45) is 5.41 Å². The first kappa shape index (κ1) is 18.9. The van der Waals surface area contributed by atoms with E-state index in [0.717, 1.165) is 31.4 Å². The van der Waals surface area contributed by atoms with Crippen LogP contribution in [0.4, 0.5) is 0 Å². The Hall–Kier alpha value is -1.88. The fourth-order valence-corrected chi connectivity index (χ4v) is 4.48. The predicted molar refractivity (Wildman–Crippen MR) is 104 cm³/mol. The summed E-state index contributed by atoms with van der Waals surface area (Å²) in [5.41, 5.74) is 1.94. The van der Waals surface area contributed by atoms with Gasteiger partial charge in [-0.05, 0) is 58.9 Å². The summed E-state index contributed by atoms with van der Waals surface area (Å²) in [7, 11) is 0. The highest BCUT2D eigenvalue weighted by atomic mass is 16.2. The van der Waals surface area contributed by atoms with Crippen molar-refractivity contribution < 1.29 is 4.79 Å². The highest BCUT2D eigenvalue weighted by Crippen LogP contribution is 2.46. The molecule has 5 nitrogen and oxygen atoms in total. The molecule has 3 atom stereocenters. The zero-order valence-electron chi connectivity index (χ0n) is 16.2. The number of fused-ring (bicyclic) bond motifs is 2. The molecule has 0 aliphatic carbocycles. The van der Waals surface area contributed by atoms with Crippen LogP contribution in [0.5, 0.6) is 0 Å². The maximum absolute atomic E-state index is 13.1. The maximum atomic E-state index is 13.1. The van der Waals surface area contributed by atoms with Gasteiger partial charge in [-0.15, -0.1) is 0 Å². The fourth-order valence-electron chi connectivity index (χ4n) is 4.48. The van der Waals surface area contributed by atoms with Gasteiger partial charge in [0.1, 0.15) is 0 Å². The molecular formula is C21H31N3O2. The van der Waals surface area contributed by atoms with E-state index in [1.54, 1.807) is 16.7 Å². The third kappa shape index (κ3) is 3.78. The smallest absolute Gasteiger partial charge is 0.250 e. The average molecular weight is 357 g/mol. The van der Waals surface area contributed by atoms with Crippen LogP contribution in [0.15, 0.2) is 34.6 Å². The van der Waals surface area contributed by atoms with Crippen LogP contribution >= 0.6 is 0 Å². The van der Waals surface area contributed by atoms with Gasteiger partial charge in [-0.3, -0.25) is 9.59 Å². The Morgan fingerprint density at radius 1 is 1.38 bits per heavy atom. The van der Waals surface area contributed by atoms with E-state index < -0.39 is 0 Å². The Labute approximate surface area is 155 Å². The Morgan fingerprint density at radius 2 is 2.19 bits per heavy atom. The quantitative estimate of drug-likeness (QED) is 0.582. The number of pyridine rings is 1. The molecule has 0 aromatic carbocycles. The number of hydrogen-bond donors (Lipinski definition) is 2. The standard InChI is InChI=1S/C21H31N3O2/c1-15(2)10-11-21(14-17-8-9-18(21)23-17)20(26)22-12-5-13-24-16(3)6-4-7-19(24)25/h4,6-7,10,17-18,23H,5,8-9,11-14H2,1-3H3,(H,22,26)/t17-,18+,21+/m0/s1. The molecule has 2 saturated heterocycles. The minimum atomic E-state index is -0.306. The van der Waals surface area contributed by atoms with Crippen molar-refractivity contribution in [1.82, 2.24) is 15.2 Å². The van der Waals surface area contributed by atoms with Gasteiger partial charge in [0.2, 0.25) is 5.91 Å². The van der Waals surface area contributed by atoms with Crippen LogP contribution in [0.1, 0.15) is 51.6 Å². The van der Waals surface area contributed by atoms with E-state index in [2.05, 4.69) is 30.6 Å². The minimum absolute atomic E-state index is 0.0219. The number of aromatic nitrogens is 1. The van der Waals surface area contributed by atoms with Crippen LogP contribution in [0, 0.1) is 12.3 Å². The van der Waals surface area contributed by atoms with Gasteiger partial charge in [0.15, 0.2) is 0 Å². The predicted octanol–water partition coefficient (Wildman–Crippen LogP) is 2.53. The van der Waals surface area contributed by atoms with Crippen molar-refractivity contribution in [2.45, 2.75) is 71.5 Å². The van der Waals surface area contributed by atoms with E-state index in [1.165, 1.54) is 12.0 Å². The summed E-state index contributed by atoms with van der Waals surface area (Å²) in [6.07, 6.45) is 6.99. The summed E-state index contributed by atoms with van der Waals surface area (Å²) in [4.78, 5) is 25.0. The first-order valence-corrected chi connectivity index (χ1v) is 9.76. The topological polar surface area (TPSA) is 63.1 Å². The average Bonchev–Trinajstić information content (AvgIpc) is 3.20. The fraction of sp³-hybridized carbons (Fsp3) is 0.619. The Kier molecular flexibility index (Phi) is 5.66. The van der Waals surface area contributed by atoms with Crippen molar-refractivity contribution in [2.75, 3.05) is 6.54 Å². The van der Waals surface area contributed by atoms with Gasteiger partial charge in [0.25, 0.3) is 5.56 Å². The van der Waals surface area contributed by atoms with Gasteiger partial charge < -0.3 is 15.2 Å². The van der Waals surface area contributed by atoms with Crippen molar-refractivity contribution in [3.63, 3.8) is 0 Å². The number of aryl methyl sites for hydroxylation is 1. The van der Waals surface area contributed by atoms with Crippen LogP contribution in [0.2, 0.25) is 0 Å². The molecule has 2 aliphatic heterocycles. The van der Waals surface area contributed by atoms with Gasteiger partial charge in [0.05, 0.1) is 5.41 Å². The van der Waals surface area contributed by atoms with E-state index >= 15 is 0 Å². The largest absolute Gasteiger partial charge is 0.355 e. The lowest BCUT2D eigenvalue weighted by Crippen LogP contribution is -2.48. The van der Waals surface area contributed by atoms with Crippen LogP contribution < -0.4 is 16.2 Å². The summed E-state index contributed by atoms with van der Waals surface area (Å²) in [5.74, 6) is 0.173. The van der Waals surface area contributed by atoms with E-state index in [4.69, 9.17) is 0 Å². The van der Waals surface area contributed by atoms with Gasteiger partial charge in [0, 0.05) is 36.9 Å². The van der Waals surface area contributed by atoms with Gasteiger partial charge in [-0.2, -0.15) is 0 Å². The molecule has 2 aliphatic rings. The van der Waals surface area contributed by atoms with Crippen molar-refractivity contribution in [3.05, 3.63) is 45.9 Å². The molecule has 1 amide bonds. The lowest BCUT2D eigenvalue weighted by molar-refractivity contribution is -0.132. The normalized spacial score (nSPS) is 26.7. The number of nitrogens with one attached hydrogen (secondary N) is 2. The zero-order valence-corrected chi connectivity index (χ0v) is 16.2. The van der Waals surface area contributed by atoms with Gasteiger partial charge in [-0.25, -0.2) is 0 Å². The maximum Gasteiger partial charge on any atom is 0.250 e. The van der Waals surface area contributed by atoms with E-state index in [-0.39, 0.29) is 16.9 Å². The second-order valence-corrected chi connectivity index (χ2v) is 8.11. The van der Waals surface area contributed by atoms with E-state index in [9.17, 15) is 9.59 Å². The number of allylic oxidation sites excluding steroid dienone is 2. The van der Waals surface area contributed by atoms with Gasteiger partial charge >= 0.3 is 0 Å². The van der Waals surface area contributed by atoms with Crippen LogP contribution in [0.25, 0.3) is 0 Å². The second-order valence-electron chi connectivity index (χ2n) is 8.11. The molecule has 0 saturated carbocycles. The summed E-state index contributed by atoms with van der Waals surface area (Å²) in [6, 6.07) is 6.09. The summed E-state index contributed by atoms with van der Waals surface area (Å²) in [5, 5.41) is 6.78. The van der Waals surface area contributed by atoms with Crippen molar-refractivity contribution >= 4 is 5.91 Å². The van der Waals surface area contributed by atoms with E-state index in [0.29, 0.717) is 25.2 Å². The number of carbonyl (C=O) groups excluding carboxylic acids is 1. The molecule has 1 aromatic heterocycles. The molecule has 26 heavy (non-hydrogen) atoms. The lowest BCUT2D eigenvalue weighted by atomic mass is 9.70. The molecule has 3 rings (SSSR count). The minimum Gasteiger partial charge on any atom is -0.355 e. The second kappa shape index (κ2) is 7.78. The summed E-state index contributed by atoms with van der Waals surface area (Å²) in [6.45, 7) is 7.36. The molecule has 2 fully saturated rings. The first-order chi connectivity index (χ1) is 12.4. The molecule has 1 aromatic rings. The summed E-state index contributed by atoms with van der Waals surface area (Å²) < 4.78 is 1.77.